The van der Waals surface area contributed by atoms with Crippen LogP contribution in [0.3, 0.4) is 0 Å². The molecule has 0 aliphatic heterocycles. The Morgan fingerprint density at radius 2 is 2.00 bits per heavy atom. The number of aromatic hydroxyl groups is 1. The highest BCUT2D eigenvalue weighted by Gasteiger charge is 2.11. The Kier molecular flexibility index (Phi) is 2.64. The first-order chi connectivity index (χ1) is 6.09. The molecule has 0 spiro atoms. The highest BCUT2D eigenvalue weighted by molar-refractivity contribution is 6.33. The first kappa shape index (κ1) is 9.25. The number of carbonyl (C=O) groups excluding carboxylic acids is 1. The number of carboxylic acids is 1. The van der Waals surface area contributed by atoms with Gasteiger partial charge in [0.25, 0.3) is 0 Å². The van der Waals surface area contributed by atoms with Crippen molar-refractivity contribution in [3.05, 3.63) is 29.8 Å². The fourth-order valence-electron chi connectivity index (χ4n) is 0.927. The Hall–Kier alpha value is -1.84. The molecule has 1 rings (SSSR count). The van der Waals surface area contributed by atoms with Crippen molar-refractivity contribution in [2.45, 2.75) is 6.42 Å². The van der Waals surface area contributed by atoms with Gasteiger partial charge >= 0.3 is 5.97 Å². The molecule has 0 aliphatic rings. The molecule has 0 bridgehead atoms. The van der Waals surface area contributed by atoms with Crippen LogP contribution in [0, 0.1) is 0 Å². The minimum atomic E-state index is -1.46. The van der Waals surface area contributed by atoms with E-state index in [1.807, 2.05) is 0 Å². The minimum absolute atomic E-state index is 0.0238. The molecule has 0 fully saturated rings. The second-order valence-electron chi connectivity index (χ2n) is 2.58. The standard InChI is InChI=1S/C9H8O4/c10-7-3-1-2-6(4-7)5-8(11)9(12)13/h1-4,10H,5H2,(H,12,13). The second kappa shape index (κ2) is 3.71. The van der Waals surface area contributed by atoms with E-state index in [2.05, 4.69) is 0 Å². The van der Waals surface area contributed by atoms with Crippen LogP contribution in [-0.4, -0.2) is 22.0 Å². The molecule has 13 heavy (non-hydrogen) atoms. The van der Waals surface area contributed by atoms with Crippen LogP contribution >= 0.6 is 0 Å². The monoisotopic (exact) mass is 180 g/mol. The normalized spacial score (nSPS) is 9.54. The number of hydrogen-bond acceptors (Lipinski definition) is 3. The number of phenolic OH excluding ortho intramolecular Hbond substituents is 1. The molecule has 0 atom stereocenters. The number of carbonyl (C=O) groups is 2. The van der Waals surface area contributed by atoms with E-state index in [4.69, 9.17) is 10.2 Å². The van der Waals surface area contributed by atoms with Gasteiger partial charge in [0.1, 0.15) is 5.75 Å². The maximum absolute atomic E-state index is 10.7. The number of phenols is 1. The van der Waals surface area contributed by atoms with Crippen LogP contribution in [0.4, 0.5) is 0 Å². The molecule has 2 N–H and O–H groups in total. The van der Waals surface area contributed by atoms with Crippen LogP contribution in [0.5, 0.6) is 5.75 Å². The van der Waals surface area contributed by atoms with Gasteiger partial charge in [-0.3, -0.25) is 4.79 Å². The highest BCUT2D eigenvalue weighted by atomic mass is 16.4. The molecule has 1 aromatic carbocycles. The van der Waals surface area contributed by atoms with Gasteiger partial charge in [0.05, 0.1) is 0 Å². The highest BCUT2D eigenvalue weighted by Crippen LogP contribution is 2.11. The Balaban J connectivity index is 2.75. The molecule has 68 valence electrons. The zero-order valence-electron chi connectivity index (χ0n) is 6.73. The first-order valence-electron chi connectivity index (χ1n) is 3.63. The zero-order valence-corrected chi connectivity index (χ0v) is 6.73. The fourth-order valence-corrected chi connectivity index (χ4v) is 0.927. The summed E-state index contributed by atoms with van der Waals surface area (Å²) in [5.74, 6) is -2.32. The number of rotatable bonds is 3. The van der Waals surface area contributed by atoms with Crippen LogP contribution in [0.15, 0.2) is 24.3 Å². The van der Waals surface area contributed by atoms with Crippen molar-refractivity contribution in [3.63, 3.8) is 0 Å². The Labute approximate surface area is 74.4 Å². The van der Waals surface area contributed by atoms with Crippen LogP contribution in [0.2, 0.25) is 0 Å². The Morgan fingerprint density at radius 3 is 2.54 bits per heavy atom. The van der Waals surface area contributed by atoms with Gasteiger partial charge in [-0.1, -0.05) is 12.1 Å². The van der Waals surface area contributed by atoms with Crippen molar-refractivity contribution < 1.29 is 19.8 Å². The number of hydrogen-bond donors (Lipinski definition) is 2. The minimum Gasteiger partial charge on any atom is -0.508 e. The van der Waals surface area contributed by atoms with Crippen LogP contribution < -0.4 is 0 Å². The number of carboxylic acid groups (broad SMARTS) is 1. The van der Waals surface area contributed by atoms with Crippen LogP contribution in [-0.2, 0) is 16.0 Å². The van der Waals surface area contributed by atoms with E-state index < -0.39 is 11.8 Å². The average Bonchev–Trinajstić information content (AvgIpc) is 2.04. The first-order valence-corrected chi connectivity index (χ1v) is 3.63. The van der Waals surface area contributed by atoms with E-state index in [0.29, 0.717) is 5.56 Å². The van der Waals surface area contributed by atoms with E-state index in [1.165, 1.54) is 12.1 Å². The van der Waals surface area contributed by atoms with Gasteiger partial charge in [0.2, 0.25) is 5.78 Å². The summed E-state index contributed by atoms with van der Waals surface area (Å²) < 4.78 is 0. The van der Waals surface area contributed by atoms with Gasteiger partial charge in [0.15, 0.2) is 0 Å². The van der Waals surface area contributed by atoms with Gasteiger partial charge < -0.3 is 10.2 Å². The van der Waals surface area contributed by atoms with Crippen molar-refractivity contribution in [2.24, 2.45) is 0 Å². The number of Topliss-reactive ketones (excluding diaryl/α,β-unsaturated/α-hetero) is 1. The number of benzene rings is 1. The topological polar surface area (TPSA) is 74.6 Å². The van der Waals surface area contributed by atoms with Crippen molar-refractivity contribution in [1.82, 2.24) is 0 Å². The Morgan fingerprint density at radius 1 is 1.31 bits per heavy atom. The maximum Gasteiger partial charge on any atom is 0.372 e. The van der Waals surface area contributed by atoms with Gasteiger partial charge in [-0.25, -0.2) is 4.79 Å². The molecule has 0 unspecified atom stereocenters. The largest absolute Gasteiger partial charge is 0.508 e. The second-order valence-corrected chi connectivity index (χ2v) is 2.58. The van der Waals surface area contributed by atoms with Crippen molar-refractivity contribution in [2.75, 3.05) is 0 Å². The summed E-state index contributed by atoms with van der Waals surface area (Å²) in [6.45, 7) is 0. The van der Waals surface area contributed by atoms with Crippen molar-refractivity contribution in [3.8, 4) is 5.75 Å². The molecule has 0 aromatic heterocycles. The maximum atomic E-state index is 10.7. The summed E-state index contributed by atoms with van der Waals surface area (Å²) in [5.41, 5.74) is 0.493. The Bertz CT molecular complexity index is 343. The smallest absolute Gasteiger partial charge is 0.372 e. The van der Waals surface area contributed by atoms with Gasteiger partial charge in [-0.05, 0) is 17.7 Å². The van der Waals surface area contributed by atoms with E-state index in [-0.39, 0.29) is 12.2 Å². The molecule has 0 heterocycles. The molecule has 4 heteroatoms. The third-order valence-electron chi connectivity index (χ3n) is 1.51. The fraction of sp³-hybridized carbons (Fsp3) is 0.111. The summed E-state index contributed by atoms with van der Waals surface area (Å²) in [6, 6.07) is 5.95. The number of aliphatic carboxylic acids is 1. The predicted molar refractivity (Wildman–Crippen MR) is 44.5 cm³/mol. The summed E-state index contributed by atoms with van der Waals surface area (Å²) >= 11 is 0. The van der Waals surface area contributed by atoms with E-state index >= 15 is 0 Å². The van der Waals surface area contributed by atoms with E-state index in [9.17, 15) is 9.59 Å². The van der Waals surface area contributed by atoms with Crippen LogP contribution in [0.1, 0.15) is 5.56 Å². The molecule has 0 saturated heterocycles. The molecular weight excluding hydrogens is 172 g/mol. The lowest BCUT2D eigenvalue weighted by atomic mass is 10.1. The SMILES string of the molecule is O=C(O)C(=O)Cc1cccc(O)c1. The molecule has 0 aliphatic carbocycles. The number of ketones is 1. The summed E-state index contributed by atoms with van der Waals surface area (Å²) in [7, 11) is 0. The predicted octanol–water partition coefficient (Wildman–Crippen LogP) is 0.588. The van der Waals surface area contributed by atoms with Gasteiger partial charge in [-0.2, -0.15) is 0 Å². The third kappa shape index (κ3) is 2.59. The van der Waals surface area contributed by atoms with E-state index in [1.54, 1.807) is 12.1 Å². The lowest BCUT2D eigenvalue weighted by molar-refractivity contribution is -0.148. The quantitative estimate of drug-likeness (QED) is 0.667. The molecule has 0 radical (unpaired) electrons. The van der Waals surface area contributed by atoms with E-state index in [0.717, 1.165) is 0 Å². The summed E-state index contributed by atoms with van der Waals surface area (Å²) in [6.07, 6.45) is -0.191. The molecule has 0 saturated carbocycles. The van der Waals surface area contributed by atoms with Gasteiger partial charge in [-0.15, -0.1) is 0 Å². The summed E-state index contributed by atoms with van der Waals surface area (Å²) in [4.78, 5) is 20.9. The lowest BCUT2D eigenvalue weighted by Crippen LogP contribution is -2.14. The van der Waals surface area contributed by atoms with Crippen molar-refractivity contribution >= 4 is 11.8 Å². The molecule has 0 amide bonds. The lowest BCUT2D eigenvalue weighted by Gasteiger charge is -1.97. The van der Waals surface area contributed by atoms with Gasteiger partial charge in [0, 0.05) is 6.42 Å². The zero-order chi connectivity index (χ0) is 9.84. The van der Waals surface area contributed by atoms with Crippen molar-refractivity contribution in [1.29, 1.82) is 0 Å². The molecule has 4 nitrogen and oxygen atoms in total. The molecular formula is C9H8O4. The average molecular weight is 180 g/mol. The third-order valence-corrected chi connectivity index (χ3v) is 1.51. The van der Waals surface area contributed by atoms with Crippen LogP contribution in [0.25, 0.3) is 0 Å². The summed E-state index contributed by atoms with van der Waals surface area (Å²) in [5, 5.41) is 17.3. The molecule has 1 aromatic rings.